The highest BCUT2D eigenvalue weighted by Gasteiger charge is 2.12. The molecule has 3 nitrogen and oxygen atoms in total. The van der Waals surface area contributed by atoms with Crippen LogP contribution in [0.15, 0.2) is 18.2 Å². The zero-order chi connectivity index (χ0) is 12.0. The van der Waals surface area contributed by atoms with Crippen molar-refractivity contribution in [3.63, 3.8) is 0 Å². The summed E-state index contributed by atoms with van der Waals surface area (Å²) in [5, 5.41) is 0. The average Bonchev–Trinajstić information content (AvgIpc) is 2.30. The number of rotatable bonds is 5. The summed E-state index contributed by atoms with van der Waals surface area (Å²) in [5.41, 5.74) is 1.52. The van der Waals surface area contributed by atoms with Gasteiger partial charge in [0.15, 0.2) is 0 Å². The third-order valence-electron chi connectivity index (χ3n) is 2.30. The number of hydrogen-bond donors (Lipinski definition) is 0. The predicted octanol–water partition coefficient (Wildman–Crippen LogP) is 2.96. The zero-order valence-electron chi connectivity index (χ0n) is 10.1. The molecular weight excluding hydrogens is 204 g/mol. The molecule has 1 rings (SSSR count). The van der Waals surface area contributed by atoms with Gasteiger partial charge in [0.05, 0.1) is 13.7 Å². The minimum Gasteiger partial charge on any atom is -0.493 e. The number of unbranched alkanes of at least 4 members (excludes halogenated alkanes) is 1. The second-order valence-corrected chi connectivity index (χ2v) is 3.69. The summed E-state index contributed by atoms with van der Waals surface area (Å²) < 4.78 is 10.3. The van der Waals surface area contributed by atoms with Crippen LogP contribution in [0.25, 0.3) is 0 Å². The molecule has 0 saturated carbocycles. The van der Waals surface area contributed by atoms with Crippen LogP contribution in [0.2, 0.25) is 0 Å². The zero-order valence-corrected chi connectivity index (χ0v) is 10.1. The first kappa shape index (κ1) is 12.6. The first-order valence-corrected chi connectivity index (χ1v) is 5.50. The van der Waals surface area contributed by atoms with E-state index < -0.39 is 0 Å². The Morgan fingerprint density at radius 2 is 2.12 bits per heavy atom. The standard InChI is InChI=1S/C13H18O3/c1-4-5-8-16-12-7-6-10(2)9-11(12)13(14)15-3/h6-7,9H,4-5,8H2,1-3H3. The summed E-state index contributed by atoms with van der Waals surface area (Å²) in [6.45, 7) is 4.66. The van der Waals surface area contributed by atoms with Crippen molar-refractivity contribution in [2.24, 2.45) is 0 Å². The maximum Gasteiger partial charge on any atom is 0.341 e. The molecule has 0 radical (unpaired) electrons. The van der Waals surface area contributed by atoms with Crippen molar-refractivity contribution in [3.8, 4) is 5.75 Å². The Morgan fingerprint density at radius 3 is 2.75 bits per heavy atom. The summed E-state index contributed by atoms with van der Waals surface area (Å²) in [5.74, 6) is 0.251. The van der Waals surface area contributed by atoms with Gasteiger partial charge in [-0.1, -0.05) is 25.0 Å². The molecule has 0 aliphatic rings. The largest absolute Gasteiger partial charge is 0.493 e. The fraction of sp³-hybridized carbons (Fsp3) is 0.462. The molecule has 1 aromatic carbocycles. The molecule has 16 heavy (non-hydrogen) atoms. The molecule has 0 unspecified atom stereocenters. The van der Waals surface area contributed by atoms with E-state index in [1.54, 1.807) is 6.07 Å². The lowest BCUT2D eigenvalue weighted by Gasteiger charge is -2.10. The highest BCUT2D eigenvalue weighted by atomic mass is 16.5. The first-order valence-electron chi connectivity index (χ1n) is 5.50. The first-order chi connectivity index (χ1) is 7.69. The van der Waals surface area contributed by atoms with E-state index in [2.05, 4.69) is 6.92 Å². The Hall–Kier alpha value is -1.51. The second kappa shape index (κ2) is 6.16. The van der Waals surface area contributed by atoms with Gasteiger partial charge in [0.2, 0.25) is 0 Å². The summed E-state index contributed by atoms with van der Waals surface area (Å²) >= 11 is 0. The van der Waals surface area contributed by atoms with Crippen molar-refractivity contribution < 1.29 is 14.3 Å². The van der Waals surface area contributed by atoms with Gasteiger partial charge in [0.25, 0.3) is 0 Å². The summed E-state index contributed by atoms with van der Waals surface area (Å²) in [4.78, 5) is 11.5. The monoisotopic (exact) mass is 222 g/mol. The van der Waals surface area contributed by atoms with Crippen molar-refractivity contribution in [1.29, 1.82) is 0 Å². The molecule has 3 heteroatoms. The highest BCUT2D eigenvalue weighted by molar-refractivity contribution is 5.92. The van der Waals surface area contributed by atoms with Gasteiger partial charge < -0.3 is 9.47 Å². The number of ether oxygens (including phenoxy) is 2. The Bertz CT molecular complexity index is 358. The van der Waals surface area contributed by atoms with Crippen LogP contribution in [0.5, 0.6) is 5.75 Å². The van der Waals surface area contributed by atoms with Crippen LogP contribution < -0.4 is 4.74 Å². The van der Waals surface area contributed by atoms with Gasteiger partial charge in [-0.2, -0.15) is 0 Å². The molecule has 0 N–H and O–H groups in total. The van der Waals surface area contributed by atoms with E-state index in [1.807, 2.05) is 19.1 Å². The van der Waals surface area contributed by atoms with Crippen LogP contribution in [0, 0.1) is 6.92 Å². The topological polar surface area (TPSA) is 35.5 Å². The minimum atomic E-state index is -0.352. The van der Waals surface area contributed by atoms with Crippen LogP contribution in [0.4, 0.5) is 0 Å². The van der Waals surface area contributed by atoms with E-state index in [1.165, 1.54) is 7.11 Å². The lowest BCUT2D eigenvalue weighted by molar-refractivity contribution is 0.0596. The van der Waals surface area contributed by atoms with Gasteiger partial charge >= 0.3 is 5.97 Å². The molecule has 0 aromatic heterocycles. The average molecular weight is 222 g/mol. The number of benzene rings is 1. The third kappa shape index (κ3) is 3.26. The minimum absolute atomic E-state index is 0.352. The Kier molecular flexibility index (Phi) is 4.83. The van der Waals surface area contributed by atoms with Crippen LogP contribution in [0.3, 0.4) is 0 Å². The quantitative estimate of drug-likeness (QED) is 0.567. The molecule has 0 bridgehead atoms. The smallest absolute Gasteiger partial charge is 0.341 e. The molecule has 1 aromatic rings. The van der Waals surface area contributed by atoms with Crippen molar-refractivity contribution in [2.45, 2.75) is 26.7 Å². The molecule has 0 aliphatic carbocycles. The molecule has 88 valence electrons. The van der Waals surface area contributed by atoms with Crippen LogP contribution >= 0.6 is 0 Å². The number of carbonyl (C=O) groups is 1. The Balaban J connectivity index is 2.85. The van der Waals surface area contributed by atoms with E-state index in [0.29, 0.717) is 17.9 Å². The summed E-state index contributed by atoms with van der Waals surface area (Å²) in [6, 6.07) is 5.53. The van der Waals surface area contributed by atoms with Gasteiger partial charge in [-0.3, -0.25) is 0 Å². The molecule has 0 aliphatic heterocycles. The van der Waals surface area contributed by atoms with Crippen molar-refractivity contribution in [3.05, 3.63) is 29.3 Å². The van der Waals surface area contributed by atoms with Gasteiger partial charge in [-0.25, -0.2) is 4.79 Å². The summed E-state index contributed by atoms with van der Waals surface area (Å²) in [6.07, 6.45) is 2.05. The number of esters is 1. The normalized spacial score (nSPS) is 9.94. The molecule has 0 spiro atoms. The molecule has 0 heterocycles. The van der Waals surface area contributed by atoms with E-state index in [4.69, 9.17) is 9.47 Å². The number of aryl methyl sites for hydroxylation is 1. The fourth-order valence-corrected chi connectivity index (χ4v) is 1.37. The number of methoxy groups -OCH3 is 1. The van der Waals surface area contributed by atoms with E-state index in [-0.39, 0.29) is 5.97 Å². The highest BCUT2D eigenvalue weighted by Crippen LogP contribution is 2.21. The van der Waals surface area contributed by atoms with Gasteiger partial charge in [0, 0.05) is 0 Å². The second-order valence-electron chi connectivity index (χ2n) is 3.69. The van der Waals surface area contributed by atoms with E-state index in [0.717, 1.165) is 18.4 Å². The molecule has 0 saturated heterocycles. The van der Waals surface area contributed by atoms with Crippen LogP contribution in [-0.2, 0) is 4.74 Å². The maximum atomic E-state index is 11.5. The number of hydrogen-bond acceptors (Lipinski definition) is 3. The van der Waals surface area contributed by atoms with Crippen LogP contribution in [0.1, 0.15) is 35.7 Å². The lowest BCUT2D eigenvalue weighted by atomic mass is 10.1. The Labute approximate surface area is 96.4 Å². The lowest BCUT2D eigenvalue weighted by Crippen LogP contribution is -2.07. The van der Waals surface area contributed by atoms with Crippen molar-refractivity contribution in [1.82, 2.24) is 0 Å². The van der Waals surface area contributed by atoms with Crippen molar-refractivity contribution >= 4 is 5.97 Å². The Morgan fingerprint density at radius 1 is 1.38 bits per heavy atom. The van der Waals surface area contributed by atoms with Crippen molar-refractivity contribution in [2.75, 3.05) is 13.7 Å². The molecular formula is C13H18O3. The molecule has 0 atom stereocenters. The molecule has 0 amide bonds. The van der Waals surface area contributed by atoms with Gasteiger partial charge in [0.1, 0.15) is 11.3 Å². The maximum absolute atomic E-state index is 11.5. The molecule has 0 fully saturated rings. The fourth-order valence-electron chi connectivity index (χ4n) is 1.37. The third-order valence-corrected chi connectivity index (χ3v) is 2.30. The predicted molar refractivity (Wildman–Crippen MR) is 62.9 cm³/mol. The van der Waals surface area contributed by atoms with Gasteiger partial charge in [-0.05, 0) is 25.5 Å². The van der Waals surface area contributed by atoms with E-state index in [9.17, 15) is 4.79 Å². The van der Waals surface area contributed by atoms with Gasteiger partial charge in [-0.15, -0.1) is 0 Å². The van der Waals surface area contributed by atoms with Crippen LogP contribution in [-0.4, -0.2) is 19.7 Å². The number of carbonyl (C=O) groups excluding carboxylic acids is 1. The summed E-state index contributed by atoms with van der Waals surface area (Å²) in [7, 11) is 1.38. The van der Waals surface area contributed by atoms with E-state index >= 15 is 0 Å². The SMILES string of the molecule is CCCCOc1ccc(C)cc1C(=O)OC.